The van der Waals surface area contributed by atoms with Crippen LogP contribution in [0.1, 0.15) is 21.5 Å². The van der Waals surface area contributed by atoms with Crippen molar-refractivity contribution in [2.24, 2.45) is 0 Å². The van der Waals surface area contributed by atoms with Crippen LogP contribution in [0, 0.1) is 12.7 Å². The van der Waals surface area contributed by atoms with E-state index in [1.807, 2.05) is 31.2 Å². The molecule has 0 saturated heterocycles. The summed E-state index contributed by atoms with van der Waals surface area (Å²) in [5, 5.41) is 4.96. The number of hydrogen-bond acceptors (Lipinski definition) is 3. The number of hydrazine groups is 1. The van der Waals surface area contributed by atoms with Crippen LogP contribution in [0.4, 0.5) is 9.18 Å². The highest BCUT2D eigenvalue weighted by Crippen LogP contribution is 2.05. The Bertz CT molecular complexity index is 793. The Kier molecular flexibility index (Phi) is 6.67. The molecular formula is C18H19FN4O3. The van der Waals surface area contributed by atoms with Crippen LogP contribution in [0.2, 0.25) is 0 Å². The van der Waals surface area contributed by atoms with Crippen molar-refractivity contribution in [2.75, 3.05) is 6.54 Å². The zero-order valence-corrected chi connectivity index (χ0v) is 14.1. The first-order valence-corrected chi connectivity index (χ1v) is 7.86. The highest BCUT2D eigenvalue weighted by atomic mass is 19.1. The molecule has 0 bridgehead atoms. The van der Waals surface area contributed by atoms with Gasteiger partial charge in [0, 0.05) is 6.54 Å². The monoisotopic (exact) mass is 358 g/mol. The Hall–Kier alpha value is -3.42. The second kappa shape index (κ2) is 9.16. The van der Waals surface area contributed by atoms with Gasteiger partial charge in [-0.15, -0.1) is 0 Å². The van der Waals surface area contributed by atoms with Crippen LogP contribution >= 0.6 is 0 Å². The molecule has 8 heteroatoms. The molecule has 2 aromatic rings. The molecule has 0 aromatic heterocycles. The van der Waals surface area contributed by atoms with Crippen LogP contribution in [0.25, 0.3) is 0 Å². The van der Waals surface area contributed by atoms with Crippen molar-refractivity contribution < 1.29 is 18.8 Å². The van der Waals surface area contributed by atoms with Crippen molar-refractivity contribution in [3.8, 4) is 0 Å². The number of aryl methyl sites for hydroxylation is 1. The predicted molar refractivity (Wildman–Crippen MR) is 93.4 cm³/mol. The quantitative estimate of drug-likeness (QED) is 0.608. The maximum Gasteiger partial charge on any atom is 0.315 e. The number of urea groups is 1. The second-order valence-corrected chi connectivity index (χ2v) is 5.50. The molecule has 136 valence electrons. The Balaban J connectivity index is 1.68. The van der Waals surface area contributed by atoms with E-state index >= 15 is 0 Å². The third-order valence-electron chi connectivity index (χ3n) is 3.42. The first-order chi connectivity index (χ1) is 12.5. The summed E-state index contributed by atoms with van der Waals surface area (Å²) in [5.74, 6) is -2.15. The minimum absolute atomic E-state index is 0.198. The summed E-state index contributed by atoms with van der Waals surface area (Å²) in [7, 11) is 0. The van der Waals surface area contributed by atoms with Crippen LogP contribution in [0.3, 0.4) is 0 Å². The van der Waals surface area contributed by atoms with Crippen LogP contribution in [-0.4, -0.2) is 24.4 Å². The van der Waals surface area contributed by atoms with Crippen LogP contribution in [0.5, 0.6) is 0 Å². The molecule has 4 N–H and O–H groups in total. The molecule has 0 aliphatic carbocycles. The van der Waals surface area contributed by atoms with Crippen molar-refractivity contribution in [2.45, 2.75) is 13.5 Å². The largest absolute Gasteiger partial charge is 0.334 e. The first kappa shape index (κ1) is 18.9. The lowest BCUT2D eigenvalue weighted by atomic mass is 10.1. The molecule has 0 heterocycles. The SMILES string of the molecule is Cc1ccc(CNC(=O)NCC(=O)NNC(=O)c2ccccc2F)cc1. The Morgan fingerprint density at radius 3 is 2.31 bits per heavy atom. The van der Waals surface area contributed by atoms with E-state index < -0.39 is 23.7 Å². The van der Waals surface area contributed by atoms with Gasteiger partial charge in [-0.05, 0) is 24.6 Å². The maximum atomic E-state index is 13.4. The van der Waals surface area contributed by atoms with E-state index in [0.717, 1.165) is 17.2 Å². The number of carbonyl (C=O) groups is 3. The molecule has 0 saturated carbocycles. The number of amides is 4. The van der Waals surface area contributed by atoms with Gasteiger partial charge in [-0.2, -0.15) is 0 Å². The van der Waals surface area contributed by atoms with Crippen LogP contribution < -0.4 is 21.5 Å². The van der Waals surface area contributed by atoms with Crippen molar-refractivity contribution in [1.29, 1.82) is 0 Å². The molecule has 0 unspecified atom stereocenters. The Morgan fingerprint density at radius 1 is 0.923 bits per heavy atom. The number of carbonyl (C=O) groups excluding carboxylic acids is 3. The molecule has 0 aliphatic rings. The summed E-state index contributed by atoms with van der Waals surface area (Å²) in [6.07, 6.45) is 0. The summed E-state index contributed by atoms with van der Waals surface area (Å²) in [6.45, 7) is 1.93. The average Bonchev–Trinajstić information content (AvgIpc) is 2.64. The third kappa shape index (κ3) is 5.90. The number of benzene rings is 2. The molecular weight excluding hydrogens is 339 g/mol. The summed E-state index contributed by atoms with van der Waals surface area (Å²) >= 11 is 0. The molecule has 0 spiro atoms. The van der Waals surface area contributed by atoms with E-state index in [1.165, 1.54) is 18.2 Å². The summed E-state index contributed by atoms with van der Waals surface area (Å²) < 4.78 is 13.4. The van der Waals surface area contributed by atoms with Crippen molar-refractivity contribution in [1.82, 2.24) is 21.5 Å². The zero-order valence-electron chi connectivity index (χ0n) is 14.1. The Morgan fingerprint density at radius 2 is 1.62 bits per heavy atom. The van der Waals surface area contributed by atoms with Gasteiger partial charge in [0.05, 0.1) is 5.56 Å². The van der Waals surface area contributed by atoms with Gasteiger partial charge in [0.15, 0.2) is 0 Å². The van der Waals surface area contributed by atoms with E-state index in [2.05, 4.69) is 21.5 Å². The maximum absolute atomic E-state index is 13.4. The van der Waals surface area contributed by atoms with E-state index in [-0.39, 0.29) is 12.1 Å². The minimum Gasteiger partial charge on any atom is -0.334 e. The van der Waals surface area contributed by atoms with Gasteiger partial charge in [0.1, 0.15) is 12.4 Å². The third-order valence-corrected chi connectivity index (χ3v) is 3.42. The molecule has 0 aliphatic heterocycles. The van der Waals surface area contributed by atoms with Gasteiger partial charge in [-0.25, -0.2) is 9.18 Å². The van der Waals surface area contributed by atoms with E-state index in [4.69, 9.17) is 0 Å². The summed E-state index contributed by atoms with van der Waals surface area (Å²) in [4.78, 5) is 35.0. The average molecular weight is 358 g/mol. The van der Waals surface area contributed by atoms with Gasteiger partial charge in [0.25, 0.3) is 11.8 Å². The molecule has 0 atom stereocenters. The zero-order chi connectivity index (χ0) is 18.9. The minimum atomic E-state index is -0.791. The van der Waals surface area contributed by atoms with Gasteiger partial charge in [-0.1, -0.05) is 42.0 Å². The molecule has 2 aromatic carbocycles. The number of hydrogen-bond donors (Lipinski definition) is 4. The lowest BCUT2D eigenvalue weighted by Crippen LogP contribution is -2.48. The summed E-state index contributed by atoms with van der Waals surface area (Å²) in [6, 6.07) is 12.5. The molecule has 4 amide bonds. The summed E-state index contributed by atoms with van der Waals surface area (Å²) in [5.41, 5.74) is 6.02. The fraction of sp³-hybridized carbons (Fsp3) is 0.167. The lowest BCUT2D eigenvalue weighted by molar-refractivity contribution is -0.120. The molecule has 26 heavy (non-hydrogen) atoms. The number of halogens is 1. The number of nitrogens with one attached hydrogen (secondary N) is 4. The van der Waals surface area contributed by atoms with Crippen molar-refractivity contribution in [3.05, 3.63) is 71.0 Å². The van der Waals surface area contributed by atoms with E-state index in [1.54, 1.807) is 0 Å². The lowest BCUT2D eigenvalue weighted by Gasteiger charge is -2.10. The Labute approximate surface area is 149 Å². The molecule has 0 radical (unpaired) electrons. The predicted octanol–water partition coefficient (Wildman–Crippen LogP) is 1.39. The second-order valence-electron chi connectivity index (χ2n) is 5.50. The topological polar surface area (TPSA) is 99.3 Å². The first-order valence-electron chi connectivity index (χ1n) is 7.86. The van der Waals surface area contributed by atoms with Crippen molar-refractivity contribution >= 4 is 17.8 Å². The van der Waals surface area contributed by atoms with Gasteiger partial charge in [-0.3, -0.25) is 20.4 Å². The number of rotatable bonds is 5. The smallest absolute Gasteiger partial charge is 0.315 e. The van der Waals surface area contributed by atoms with Crippen LogP contribution in [0.15, 0.2) is 48.5 Å². The van der Waals surface area contributed by atoms with E-state index in [0.29, 0.717) is 6.54 Å². The normalized spacial score (nSPS) is 9.92. The van der Waals surface area contributed by atoms with Gasteiger partial charge >= 0.3 is 6.03 Å². The van der Waals surface area contributed by atoms with Crippen LogP contribution in [-0.2, 0) is 11.3 Å². The van der Waals surface area contributed by atoms with Gasteiger partial charge < -0.3 is 10.6 Å². The molecule has 2 rings (SSSR count). The van der Waals surface area contributed by atoms with Gasteiger partial charge in [0.2, 0.25) is 0 Å². The fourth-order valence-electron chi connectivity index (χ4n) is 1.99. The highest BCUT2D eigenvalue weighted by molar-refractivity contribution is 5.96. The molecule has 0 fully saturated rings. The fourth-order valence-corrected chi connectivity index (χ4v) is 1.99. The standard InChI is InChI=1S/C18H19FN4O3/c1-12-6-8-13(9-7-12)10-20-18(26)21-11-16(24)22-23-17(25)14-4-2-3-5-15(14)19/h2-9H,10-11H2,1H3,(H,22,24)(H,23,25)(H2,20,21,26). The highest BCUT2D eigenvalue weighted by Gasteiger charge is 2.12. The van der Waals surface area contributed by atoms with E-state index in [9.17, 15) is 18.8 Å². The molecule has 7 nitrogen and oxygen atoms in total. The van der Waals surface area contributed by atoms with Crippen molar-refractivity contribution in [3.63, 3.8) is 0 Å².